The van der Waals surface area contributed by atoms with Gasteiger partial charge in [-0.05, 0) is 182 Å². The van der Waals surface area contributed by atoms with Crippen molar-refractivity contribution < 1.29 is 55.9 Å². The van der Waals surface area contributed by atoms with Gasteiger partial charge in [-0.1, -0.05) is 99.2 Å². The molecule has 0 radical (unpaired) electrons. The molecule has 554 valence electrons. The number of rotatable bonds is 18. The Kier molecular flexibility index (Phi) is 27.8. The number of alkyl halides is 3. The van der Waals surface area contributed by atoms with Crippen LogP contribution in [-0.2, 0) is 33.2 Å². The van der Waals surface area contributed by atoms with E-state index in [0.29, 0.717) is 104 Å². The molecule has 10 N–H and O–H groups in total. The first-order valence-corrected chi connectivity index (χ1v) is 35.7. The Morgan fingerprint density at radius 2 is 0.881 bits per heavy atom. The molecule has 0 aliphatic heterocycles. The third-order valence-electron chi connectivity index (χ3n) is 15.3. The number of carbonyl (C=O) groups excluding carboxylic acids is 4. The van der Waals surface area contributed by atoms with Crippen molar-refractivity contribution in [3.05, 3.63) is 319 Å². The largest absolute Gasteiger partial charge is 0.433 e. The number of aliphatic hydroxyl groups excluding tert-OH is 1. The summed E-state index contributed by atoms with van der Waals surface area (Å²) in [4.78, 5) is 79.1. The van der Waals surface area contributed by atoms with Gasteiger partial charge in [-0.2, -0.15) is 13.2 Å². The number of amides is 4. The van der Waals surface area contributed by atoms with Crippen LogP contribution >= 0.6 is 46.4 Å². The molecule has 23 nitrogen and oxygen atoms in total. The van der Waals surface area contributed by atoms with Crippen molar-refractivity contribution in [1.82, 2.24) is 29.9 Å². The fraction of sp³-hybridized carbons (Fsp3) is 0.0769. The number of nitrogens with one attached hydrogen (secondary N) is 4. The summed E-state index contributed by atoms with van der Waals surface area (Å²) in [5, 5.41) is 37.6. The van der Waals surface area contributed by atoms with E-state index in [-0.39, 0.29) is 53.0 Å². The lowest BCUT2D eigenvalue weighted by Crippen LogP contribution is -2.16. The standard InChI is InChI=1S/C20H15ClF3N3O2.C20H17ClN4O2.C19H15ClN4O2.C19H16ClN3O3S/c1-11-14(3-5-18(26-11)20(22,23)24)19(29)27-13-2-4-16(21)15(9-13)17-8-12(10-28)6-7-25-17;1-27-25-19(22)13-5-7-14(8-6-13)20(26)24-15-9-10-17(21)16(12-15)18-4-2-3-11-23-18;20-16-9-8-14(11-15(16)17-3-1-2-10-22-17)23-19(25)13-6-4-12(5-7-13)18(21)24-26;1-27(25,26)12-15-6-5-13(11-22-15)19(24)23-14-7-8-17(20)16(10-14)18-4-2-3-9-21-18/h2-9,28H,10H2,1H3,(H,27,29);2-12H,1H3,(H2,22,25)(H,24,26);1-11,26H,(H2,21,24)(H,23,25);2-11H,12H2,1H3,(H,23,24). The number of anilines is 4. The summed E-state index contributed by atoms with van der Waals surface area (Å²) in [7, 11) is -1.76. The van der Waals surface area contributed by atoms with Crippen LogP contribution in [0.4, 0.5) is 35.9 Å². The Labute approximate surface area is 642 Å². The van der Waals surface area contributed by atoms with Gasteiger partial charge in [-0.15, -0.1) is 0 Å². The molecule has 12 rings (SSSR count). The lowest BCUT2D eigenvalue weighted by molar-refractivity contribution is -0.141. The number of aromatic nitrogens is 6. The first-order chi connectivity index (χ1) is 52.2. The van der Waals surface area contributed by atoms with Crippen LogP contribution in [0, 0.1) is 6.92 Å². The maximum absolute atomic E-state index is 12.7. The molecule has 0 bridgehead atoms. The van der Waals surface area contributed by atoms with Crippen LogP contribution in [0.3, 0.4) is 0 Å². The molecule has 0 unspecified atom stereocenters. The van der Waals surface area contributed by atoms with Gasteiger partial charge in [0.05, 0.1) is 77.7 Å². The summed E-state index contributed by atoms with van der Waals surface area (Å²) in [6, 6.07) is 58.3. The number of benzene rings is 6. The number of aliphatic hydroxyl groups is 1. The maximum atomic E-state index is 12.7. The maximum Gasteiger partial charge on any atom is 0.433 e. The number of nitrogens with zero attached hydrogens (tertiary/aromatic N) is 8. The normalized spacial score (nSPS) is 11.2. The lowest BCUT2D eigenvalue weighted by atomic mass is 10.1. The van der Waals surface area contributed by atoms with Crippen molar-refractivity contribution in [2.45, 2.75) is 25.5 Å². The number of aryl methyl sites for hydroxylation is 1. The third kappa shape index (κ3) is 23.0. The fourth-order valence-electron chi connectivity index (χ4n) is 9.96. The molecular formula is C78H63Cl4F3N14O9S. The Balaban J connectivity index is 0.000000168. The number of hydrogen-bond acceptors (Lipinski definition) is 17. The first kappa shape index (κ1) is 80.6. The van der Waals surface area contributed by atoms with Gasteiger partial charge in [0.15, 0.2) is 21.5 Å². The minimum Gasteiger partial charge on any atom is -0.409 e. The van der Waals surface area contributed by atoms with E-state index in [9.17, 15) is 45.9 Å². The Bertz CT molecular complexity index is 5420. The molecule has 12 aromatic rings. The summed E-state index contributed by atoms with van der Waals surface area (Å²) in [5.74, 6) is -1.45. The molecule has 6 aromatic carbocycles. The number of oxime groups is 2. The van der Waals surface area contributed by atoms with Gasteiger partial charge in [-0.3, -0.25) is 44.1 Å². The van der Waals surface area contributed by atoms with Crippen molar-refractivity contribution in [2.24, 2.45) is 21.8 Å². The van der Waals surface area contributed by atoms with E-state index in [1.165, 1.54) is 32.5 Å². The predicted octanol–water partition coefficient (Wildman–Crippen LogP) is 16.1. The van der Waals surface area contributed by atoms with Crippen LogP contribution in [0.25, 0.3) is 45.0 Å². The number of pyridine rings is 6. The Morgan fingerprint density at radius 1 is 0.486 bits per heavy atom. The molecule has 0 atom stereocenters. The summed E-state index contributed by atoms with van der Waals surface area (Å²) in [6.45, 7) is 1.17. The van der Waals surface area contributed by atoms with Gasteiger partial charge in [0.2, 0.25) is 0 Å². The molecule has 0 aliphatic carbocycles. The van der Waals surface area contributed by atoms with Crippen molar-refractivity contribution in [3.8, 4) is 45.0 Å². The SMILES string of the molecule is CON=C(N)c1ccc(C(=O)Nc2ccc(Cl)c(-c3ccccn3)c2)cc1.CS(=O)(=O)Cc1ccc(C(=O)Nc2ccc(Cl)c(-c3ccccn3)c2)cn1.Cc1nc(C(F)(F)F)ccc1C(=O)Nc1ccc(Cl)c(-c2cc(CO)ccn2)c1.NC(=NO)c1ccc(C(=O)Nc2ccc(Cl)c(-c3ccccn3)c2)cc1. The predicted molar refractivity (Wildman–Crippen MR) is 416 cm³/mol. The molecule has 6 aromatic heterocycles. The van der Waals surface area contributed by atoms with Crippen LogP contribution in [-0.4, -0.2) is 97.3 Å². The number of nitrogens with two attached hydrogens (primary N) is 2. The van der Waals surface area contributed by atoms with Crippen LogP contribution in [0.5, 0.6) is 0 Å². The van der Waals surface area contributed by atoms with E-state index < -0.39 is 27.6 Å². The van der Waals surface area contributed by atoms with Crippen molar-refractivity contribution >= 4 is 114 Å². The molecular weight excluding hydrogens is 1510 g/mol. The fourth-order valence-corrected chi connectivity index (χ4v) is 11.5. The number of carbonyl (C=O) groups is 4. The average Bonchev–Trinajstić information content (AvgIpc) is 0.825. The minimum absolute atomic E-state index is 0.0188. The summed E-state index contributed by atoms with van der Waals surface area (Å²) >= 11 is 25.0. The van der Waals surface area contributed by atoms with Gasteiger partial charge >= 0.3 is 6.18 Å². The van der Waals surface area contributed by atoms with Gasteiger partial charge < -0.3 is 47.9 Å². The van der Waals surface area contributed by atoms with E-state index in [4.69, 9.17) is 63.1 Å². The van der Waals surface area contributed by atoms with Crippen molar-refractivity contribution in [1.29, 1.82) is 0 Å². The van der Waals surface area contributed by atoms with E-state index in [2.05, 4.69) is 66.3 Å². The van der Waals surface area contributed by atoms with E-state index in [1.807, 2.05) is 54.6 Å². The highest BCUT2D eigenvalue weighted by Gasteiger charge is 2.33. The van der Waals surface area contributed by atoms with Gasteiger partial charge in [-0.25, -0.2) is 13.4 Å². The van der Waals surface area contributed by atoms with Gasteiger partial charge in [0.1, 0.15) is 12.8 Å². The zero-order valence-electron chi connectivity index (χ0n) is 57.5. The molecule has 0 fully saturated rings. The monoisotopic (exact) mass is 1570 g/mol. The second-order valence-electron chi connectivity index (χ2n) is 23.2. The number of sulfone groups is 1. The quantitative estimate of drug-likeness (QED) is 0.0171. The molecule has 109 heavy (non-hydrogen) atoms. The van der Waals surface area contributed by atoms with Crippen LogP contribution in [0.15, 0.2) is 254 Å². The minimum atomic E-state index is -4.58. The van der Waals surface area contributed by atoms with E-state index in [0.717, 1.165) is 40.9 Å². The van der Waals surface area contributed by atoms with E-state index in [1.54, 1.807) is 158 Å². The summed E-state index contributed by atoms with van der Waals surface area (Å²) in [5.41, 5.74) is 21.2. The van der Waals surface area contributed by atoms with Crippen LogP contribution < -0.4 is 32.7 Å². The highest BCUT2D eigenvalue weighted by Crippen LogP contribution is 2.35. The van der Waals surface area contributed by atoms with Crippen LogP contribution in [0.1, 0.15) is 75.2 Å². The topological polar surface area (TPSA) is 354 Å². The highest BCUT2D eigenvalue weighted by molar-refractivity contribution is 7.89. The number of hydrogen-bond donors (Lipinski definition) is 8. The zero-order chi connectivity index (χ0) is 78.4. The molecule has 0 spiro atoms. The summed E-state index contributed by atoms with van der Waals surface area (Å²) < 4.78 is 60.8. The van der Waals surface area contributed by atoms with Gasteiger partial charge in [0.25, 0.3) is 23.6 Å². The lowest BCUT2D eigenvalue weighted by Gasteiger charge is -2.12. The Hall–Kier alpha value is -12.5. The summed E-state index contributed by atoms with van der Waals surface area (Å²) in [6.07, 6.45) is 4.47. The zero-order valence-corrected chi connectivity index (χ0v) is 61.4. The Morgan fingerprint density at radius 3 is 1.25 bits per heavy atom. The first-order valence-electron chi connectivity index (χ1n) is 32.1. The number of amidine groups is 2. The van der Waals surface area contributed by atoms with Gasteiger partial charge in [0, 0.05) is 104 Å². The molecule has 0 saturated heterocycles. The smallest absolute Gasteiger partial charge is 0.409 e. The van der Waals surface area contributed by atoms with Crippen molar-refractivity contribution in [2.75, 3.05) is 34.6 Å². The molecule has 0 aliphatic rings. The third-order valence-corrected chi connectivity index (χ3v) is 17.4. The molecule has 6 heterocycles. The van der Waals surface area contributed by atoms with E-state index >= 15 is 0 Å². The molecule has 31 heteroatoms. The highest BCUT2D eigenvalue weighted by atomic mass is 35.5. The van der Waals surface area contributed by atoms with Crippen LogP contribution in [0.2, 0.25) is 20.1 Å². The van der Waals surface area contributed by atoms with Crippen molar-refractivity contribution in [3.63, 3.8) is 0 Å². The number of halogens is 7. The average molecular weight is 1570 g/mol. The molecule has 4 amide bonds. The molecule has 0 saturated carbocycles. The second kappa shape index (κ2) is 37.7. The second-order valence-corrected chi connectivity index (χ2v) is 27.0.